The van der Waals surface area contributed by atoms with Crippen LogP contribution < -0.4 is 15.2 Å². The molecule has 34 heavy (non-hydrogen) atoms. The SMILES string of the molecule is C[C@@H](O)C(=O)N1CCC(CCn2c(Sc3cc4c(cc3Br)OCO4)nc3c(N)nccc32)CC1. The monoisotopic (exact) mass is 547 g/mol. The van der Waals surface area contributed by atoms with Crippen molar-refractivity contribution in [2.75, 3.05) is 25.6 Å². The van der Waals surface area contributed by atoms with Crippen molar-refractivity contribution in [1.82, 2.24) is 19.4 Å². The molecule has 1 aromatic carbocycles. The van der Waals surface area contributed by atoms with Gasteiger partial charge < -0.3 is 29.8 Å². The van der Waals surface area contributed by atoms with E-state index in [1.54, 1.807) is 22.9 Å². The van der Waals surface area contributed by atoms with E-state index in [-0.39, 0.29) is 12.7 Å². The topological polar surface area (TPSA) is 116 Å². The van der Waals surface area contributed by atoms with Crippen LogP contribution in [0.4, 0.5) is 5.82 Å². The molecule has 4 heterocycles. The molecule has 2 aliphatic rings. The molecule has 1 saturated heterocycles. The van der Waals surface area contributed by atoms with Gasteiger partial charge in [0.25, 0.3) is 5.91 Å². The summed E-state index contributed by atoms with van der Waals surface area (Å²) in [4.78, 5) is 23.8. The van der Waals surface area contributed by atoms with E-state index in [1.165, 1.54) is 6.92 Å². The Bertz CT molecular complexity index is 1230. The lowest BCUT2D eigenvalue weighted by Crippen LogP contribution is -2.43. The summed E-state index contributed by atoms with van der Waals surface area (Å²) in [6.07, 6.45) is 3.57. The highest BCUT2D eigenvalue weighted by Crippen LogP contribution is 2.43. The number of aliphatic hydroxyl groups excluding tert-OH is 1. The number of carbonyl (C=O) groups excluding carboxylic acids is 1. The van der Waals surface area contributed by atoms with E-state index in [0.29, 0.717) is 36.1 Å². The van der Waals surface area contributed by atoms with Crippen LogP contribution in [0.25, 0.3) is 11.0 Å². The zero-order chi connectivity index (χ0) is 23.8. The third-order valence-corrected chi connectivity index (χ3v) is 8.30. The maximum Gasteiger partial charge on any atom is 0.251 e. The number of nitrogen functional groups attached to an aromatic ring is 1. The third kappa shape index (κ3) is 4.56. The Morgan fingerprint density at radius 3 is 2.79 bits per heavy atom. The van der Waals surface area contributed by atoms with Gasteiger partial charge in [-0.2, -0.15) is 0 Å². The van der Waals surface area contributed by atoms with Crippen molar-refractivity contribution in [3.63, 3.8) is 0 Å². The standard InChI is InChI=1S/C23H26BrN5O4S/c1-13(30)22(31)28-7-3-14(4-8-28)5-9-29-16-2-6-26-21(25)20(16)27-23(29)34-19-11-18-17(10-15(19)24)32-12-33-18/h2,6,10-11,13-14,30H,3-5,7-9,12H2,1H3,(H2,25,26)/t13-/m1/s1. The van der Waals surface area contributed by atoms with Gasteiger partial charge in [0.2, 0.25) is 6.79 Å². The third-order valence-electron chi connectivity index (χ3n) is 6.33. The molecule has 0 unspecified atom stereocenters. The molecule has 3 N–H and O–H groups in total. The number of carbonyl (C=O) groups is 1. The largest absolute Gasteiger partial charge is 0.454 e. The second kappa shape index (κ2) is 9.63. The highest BCUT2D eigenvalue weighted by Gasteiger charge is 2.26. The van der Waals surface area contributed by atoms with Crippen LogP contribution in [-0.2, 0) is 11.3 Å². The molecular formula is C23H26BrN5O4S. The molecule has 0 saturated carbocycles. The van der Waals surface area contributed by atoms with E-state index < -0.39 is 6.10 Å². The number of halogens is 1. The Morgan fingerprint density at radius 2 is 2.06 bits per heavy atom. The fraction of sp³-hybridized carbons (Fsp3) is 0.435. The molecule has 180 valence electrons. The fourth-order valence-corrected chi connectivity index (χ4v) is 5.96. The number of benzene rings is 1. The number of aromatic nitrogens is 3. The Hall–Kier alpha value is -2.50. The Kier molecular flexibility index (Phi) is 6.59. The predicted molar refractivity (Wildman–Crippen MR) is 132 cm³/mol. The van der Waals surface area contributed by atoms with Gasteiger partial charge in [0.05, 0.1) is 5.52 Å². The number of amides is 1. The van der Waals surface area contributed by atoms with Crippen LogP contribution >= 0.6 is 27.7 Å². The smallest absolute Gasteiger partial charge is 0.251 e. The summed E-state index contributed by atoms with van der Waals surface area (Å²) in [6.45, 7) is 3.89. The molecule has 0 radical (unpaired) electrons. The summed E-state index contributed by atoms with van der Waals surface area (Å²) >= 11 is 5.18. The average Bonchev–Trinajstić information content (AvgIpc) is 3.42. The second-order valence-electron chi connectivity index (χ2n) is 8.58. The normalized spacial score (nSPS) is 16.9. The molecule has 0 spiro atoms. The number of likely N-dealkylation sites (tertiary alicyclic amines) is 1. The van der Waals surface area contributed by atoms with Crippen molar-refractivity contribution < 1.29 is 19.4 Å². The maximum atomic E-state index is 12.1. The first-order valence-corrected chi connectivity index (χ1v) is 12.9. The Labute approximate surface area is 209 Å². The summed E-state index contributed by atoms with van der Waals surface area (Å²) in [5.74, 6) is 2.15. The number of ether oxygens (including phenoxy) is 2. The molecular weight excluding hydrogens is 522 g/mol. The van der Waals surface area contributed by atoms with Gasteiger partial charge in [0, 0.05) is 35.2 Å². The minimum absolute atomic E-state index is 0.185. The van der Waals surface area contributed by atoms with Gasteiger partial charge in [-0.1, -0.05) is 11.8 Å². The summed E-state index contributed by atoms with van der Waals surface area (Å²) in [6, 6.07) is 5.81. The number of hydrogen-bond donors (Lipinski definition) is 2. The minimum atomic E-state index is -0.942. The van der Waals surface area contributed by atoms with Crippen molar-refractivity contribution >= 4 is 50.5 Å². The number of imidazole rings is 1. The van der Waals surface area contributed by atoms with Crippen LogP contribution in [0.1, 0.15) is 26.2 Å². The maximum absolute atomic E-state index is 12.1. The number of rotatable bonds is 6. The van der Waals surface area contributed by atoms with Gasteiger partial charge >= 0.3 is 0 Å². The van der Waals surface area contributed by atoms with Gasteiger partial charge in [-0.3, -0.25) is 4.79 Å². The molecule has 3 aromatic rings. The zero-order valence-corrected chi connectivity index (χ0v) is 21.1. The van der Waals surface area contributed by atoms with Crippen LogP contribution in [0.2, 0.25) is 0 Å². The van der Waals surface area contributed by atoms with Crippen molar-refractivity contribution in [3.8, 4) is 11.5 Å². The Balaban J connectivity index is 1.36. The molecule has 11 heteroatoms. The minimum Gasteiger partial charge on any atom is -0.454 e. The predicted octanol–water partition coefficient (Wildman–Crippen LogP) is 3.67. The number of pyridine rings is 1. The lowest BCUT2D eigenvalue weighted by molar-refractivity contribution is -0.140. The van der Waals surface area contributed by atoms with E-state index in [2.05, 4.69) is 25.5 Å². The Morgan fingerprint density at radius 1 is 1.32 bits per heavy atom. The average molecular weight is 548 g/mol. The molecule has 2 aliphatic heterocycles. The van der Waals surface area contributed by atoms with Crippen molar-refractivity contribution in [3.05, 3.63) is 28.9 Å². The first-order chi connectivity index (χ1) is 16.4. The van der Waals surface area contributed by atoms with E-state index in [1.807, 2.05) is 18.2 Å². The van der Waals surface area contributed by atoms with E-state index >= 15 is 0 Å². The van der Waals surface area contributed by atoms with Gasteiger partial charge in [0.15, 0.2) is 22.5 Å². The zero-order valence-electron chi connectivity index (χ0n) is 18.7. The lowest BCUT2D eigenvalue weighted by atomic mass is 9.93. The van der Waals surface area contributed by atoms with E-state index in [9.17, 15) is 9.90 Å². The van der Waals surface area contributed by atoms with Crippen LogP contribution in [0.5, 0.6) is 11.5 Å². The van der Waals surface area contributed by atoms with Crippen molar-refractivity contribution in [2.24, 2.45) is 5.92 Å². The van der Waals surface area contributed by atoms with Gasteiger partial charge in [0.1, 0.15) is 11.6 Å². The van der Waals surface area contributed by atoms with Crippen LogP contribution in [0.15, 0.2) is 38.9 Å². The molecule has 1 fully saturated rings. The number of fused-ring (bicyclic) bond motifs is 2. The fourth-order valence-electron chi connectivity index (χ4n) is 4.44. The molecule has 2 aromatic heterocycles. The summed E-state index contributed by atoms with van der Waals surface area (Å²) in [5, 5.41) is 10.4. The molecule has 0 aliphatic carbocycles. The van der Waals surface area contributed by atoms with Gasteiger partial charge in [-0.15, -0.1) is 0 Å². The van der Waals surface area contributed by atoms with Gasteiger partial charge in [-0.05, 0) is 66.2 Å². The lowest BCUT2D eigenvalue weighted by Gasteiger charge is -2.32. The van der Waals surface area contributed by atoms with Gasteiger partial charge in [-0.25, -0.2) is 9.97 Å². The number of piperidine rings is 1. The van der Waals surface area contributed by atoms with E-state index in [4.69, 9.17) is 20.2 Å². The number of anilines is 1. The number of aryl methyl sites for hydroxylation is 1. The van der Waals surface area contributed by atoms with Crippen LogP contribution in [0.3, 0.4) is 0 Å². The number of aliphatic hydroxyl groups is 1. The summed E-state index contributed by atoms with van der Waals surface area (Å²) < 4.78 is 14.1. The number of hydrogen-bond acceptors (Lipinski definition) is 8. The summed E-state index contributed by atoms with van der Waals surface area (Å²) in [5.41, 5.74) is 7.79. The molecule has 9 nitrogen and oxygen atoms in total. The van der Waals surface area contributed by atoms with Crippen LogP contribution in [-0.4, -0.2) is 56.4 Å². The molecule has 1 amide bonds. The highest BCUT2D eigenvalue weighted by molar-refractivity contribution is 9.10. The first-order valence-electron chi connectivity index (χ1n) is 11.2. The van der Waals surface area contributed by atoms with Crippen molar-refractivity contribution in [1.29, 1.82) is 0 Å². The summed E-state index contributed by atoms with van der Waals surface area (Å²) in [7, 11) is 0. The van der Waals surface area contributed by atoms with E-state index in [0.717, 1.165) is 51.6 Å². The van der Waals surface area contributed by atoms with Crippen LogP contribution in [0, 0.1) is 5.92 Å². The quantitative estimate of drug-likeness (QED) is 0.480. The number of nitrogens with two attached hydrogens (primary N) is 1. The number of nitrogens with zero attached hydrogens (tertiary/aromatic N) is 4. The first kappa shape index (κ1) is 23.3. The second-order valence-corrected chi connectivity index (χ2v) is 10.4. The molecule has 0 bridgehead atoms. The molecule has 5 rings (SSSR count). The highest BCUT2D eigenvalue weighted by atomic mass is 79.9. The molecule has 1 atom stereocenters. The van der Waals surface area contributed by atoms with Crippen molar-refractivity contribution in [2.45, 2.75) is 48.9 Å².